The number of alkyl halides is 1. The first-order chi connectivity index (χ1) is 9.97. The molecule has 0 N–H and O–H groups in total. The summed E-state index contributed by atoms with van der Waals surface area (Å²) in [6.07, 6.45) is 1.66. The standard InChI is InChI=1S/C15H21BrN2O3/c1-4-12(5-2)17(10-9-16)15(19)14-11(3)7-6-8-13(14)18(20)21/h6-8,12H,4-5,9-10H2,1-3H3. The van der Waals surface area contributed by atoms with Crippen LogP contribution in [0.2, 0.25) is 0 Å². The molecule has 1 aromatic rings. The van der Waals surface area contributed by atoms with E-state index in [9.17, 15) is 14.9 Å². The van der Waals surface area contributed by atoms with Crippen molar-refractivity contribution in [2.45, 2.75) is 39.7 Å². The van der Waals surface area contributed by atoms with Crippen LogP contribution in [0.4, 0.5) is 5.69 Å². The maximum atomic E-state index is 12.8. The molecular formula is C15H21BrN2O3. The highest BCUT2D eigenvalue weighted by atomic mass is 79.9. The lowest BCUT2D eigenvalue weighted by Gasteiger charge is -2.30. The predicted molar refractivity (Wildman–Crippen MR) is 87.0 cm³/mol. The summed E-state index contributed by atoms with van der Waals surface area (Å²) in [6, 6.07) is 4.82. The summed E-state index contributed by atoms with van der Waals surface area (Å²) in [5, 5.41) is 11.8. The quantitative estimate of drug-likeness (QED) is 0.422. The summed E-state index contributed by atoms with van der Waals surface area (Å²) in [6.45, 7) is 6.32. The smallest absolute Gasteiger partial charge is 0.282 e. The zero-order valence-electron chi connectivity index (χ0n) is 12.6. The van der Waals surface area contributed by atoms with Crippen LogP contribution in [0.15, 0.2) is 18.2 Å². The molecule has 1 rings (SSSR count). The van der Waals surface area contributed by atoms with Gasteiger partial charge >= 0.3 is 0 Å². The van der Waals surface area contributed by atoms with E-state index in [1.54, 1.807) is 24.0 Å². The van der Waals surface area contributed by atoms with Gasteiger partial charge in [-0.25, -0.2) is 0 Å². The van der Waals surface area contributed by atoms with Crippen LogP contribution >= 0.6 is 15.9 Å². The number of nitro groups is 1. The Morgan fingerprint density at radius 2 is 2.00 bits per heavy atom. The lowest BCUT2D eigenvalue weighted by molar-refractivity contribution is -0.385. The number of carbonyl (C=O) groups is 1. The summed E-state index contributed by atoms with van der Waals surface area (Å²) in [5.74, 6) is -0.257. The third-order valence-electron chi connectivity index (χ3n) is 3.63. The van der Waals surface area contributed by atoms with E-state index >= 15 is 0 Å². The van der Waals surface area contributed by atoms with Gasteiger partial charge in [0.2, 0.25) is 0 Å². The summed E-state index contributed by atoms with van der Waals surface area (Å²) in [7, 11) is 0. The van der Waals surface area contributed by atoms with E-state index in [0.717, 1.165) is 12.8 Å². The number of aryl methyl sites for hydroxylation is 1. The molecule has 0 aromatic heterocycles. The highest BCUT2D eigenvalue weighted by molar-refractivity contribution is 9.09. The van der Waals surface area contributed by atoms with E-state index < -0.39 is 4.92 Å². The number of nitro benzene ring substituents is 1. The predicted octanol–water partition coefficient (Wildman–Crippen LogP) is 3.93. The first kappa shape index (κ1) is 17.6. The molecule has 0 fully saturated rings. The van der Waals surface area contributed by atoms with Gasteiger partial charge in [0, 0.05) is 24.0 Å². The molecule has 1 aromatic carbocycles. The second-order valence-corrected chi connectivity index (χ2v) is 5.68. The molecule has 1 amide bonds. The molecule has 0 saturated carbocycles. The molecule has 0 aliphatic heterocycles. The van der Waals surface area contributed by atoms with Gasteiger partial charge in [0.25, 0.3) is 11.6 Å². The van der Waals surface area contributed by atoms with Gasteiger partial charge in [-0.3, -0.25) is 14.9 Å². The minimum absolute atomic E-state index is 0.0919. The molecule has 0 aliphatic rings. The first-order valence-electron chi connectivity index (χ1n) is 7.08. The van der Waals surface area contributed by atoms with Gasteiger partial charge in [0.05, 0.1) is 4.92 Å². The summed E-state index contributed by atoms with van der Waals surface area (Å²) in [5.41, 5.74) is 0.723. The first-order valence-corrected chi connectivity index (χ1v) is 8.20. The van der Waals surface area contributed by atoms with Crippen molar-refractivity contribution in [2.24, 2.45) is 0 Å². The zero-order chi connectivity index (χ0) is 16.0. The summed E-state index contributed by atoms with van der Waals surface area (Å²) < 4.78 is 0. The minimum atomic E-state index is -0.487. The van der Waals surface area contributed by atoms with Crippen LogP contribution in [0.1, 0.15) is 42.6 Å². The van der Waals surface area contributed by atoms with Crippen molar-refractivity contribution in [3.63, 3.8) is 0 Å². The summed E-state index contributed by atoms with van der Waals surface area (Å²) >= 11 is 3.36. The largest absolute Gasteiger partial charge is 0.335 e. The zero-order valence-corrected chi connectivity index (χ0v) is 14.2. The third kappa shape index (κ3) is 4.03. The van der Waals surface area contributed by atoms with Crippen molar-refractivity contribution in [1.82, 2.24) is 4.90 Å². The van der Waals surface area contributed by atoms with Crippen LogP contribution in [0, 0.1) is 17.0 Å². The van der Waals surface area contributed by atoms with E-state index in [1.807, 2.05) is 13.8 Å². The van der Waals surface area contributed by atoms with E-state index in [4.69, 9.17) is 0 Å². The molecule has 0 radical (unpaired) electrons. The topological polar surface area (TPSA) is 63.5 Å². The van der Waals surface area contributed by atoms with Crippen LogP contribution in [-0.2, 0) is 0 Å². The van der Waals surface area contributed by atoms with Gasteiger partial charge in [-0.15, -0.1) is 0 Å². The van der Waals surface area contributed by atoms with Crippen molar-refractivity contribution in [3.05, 3.63) is 39.4 Å². The highest BCUT2D eigenvalue weighted by Crippen LogP contribution is 2.25. The number of hydrogen-bond donors (Lipinski definition) is 0. The monoisotopic (exact) mass is 356 g/mol. The second kappa shape index (κ2) is 8.12. The average Bonchev–Trinajstić information content (AvgIpc) is 2.46. The van der Waals surface area contributed by atoms with Crippen molar-refractivity contribution in [3.8, 4) is 0 Å². The fraction of sp³-hybridized carbons (Fsp3) is 0.533. The van der Waals surface area contributed by atoms with Crippen LogP contribution in [0.5, 0.6) is 0 Å². The van der Waals surface area contributed by atoms with Gasteiger partial charge < -0.3 is 4.90 Å². The van der Waals surface area contributed by atoms with Gasteiger partial charge in [-0.05, 0) is 25.3 Å². The number of amides is 1. The van der Waals surface area contributed by atoms with Gasteiger partial charge in [-0.1, -0.05) is 41.9 Å². The number of carbonyl (C=O) groups excluding carboxylic acids is 1. The molecule has 0 atom stereocenters. The Morgan fingerprint density at radius 1 is 1.38 bits per heavy atom. The Morgan fingerprint density at radius 3 is 2.48 bits per heavy atom. The molecule has 0 bridgehead atoms. The minimum Gasteiger partial charge on any atom is -0.335 e. The highest BCUT2D eigenvalue weighted by Gasteiger charge is 2.29. The van der Waals surface area contributed by atoms with Gasteiger partial charge in [-0.2, -0.15) is 0 Å². The molecule has 116 valence electrons. The summed E-state index contributed by atoms with van der Waals surface area (Å²) in [4.78, 5) is 25.3. The Balaban J connectivity index is 3.29. The van der Waals surface area contributed by atoms with Crippen molar-refractivity contribution >= 4 is 27.5 Å². The van der Waals surface area contributed by atoms with Crippen LogP contribution in [0.25, 0.3) is 0 Å². The van der Waals surface area contributed by atoms with Crippen LogP contribution < -0.4 is 0 Å². The number of benzene rings is 1. The van der Waals surface area contributed by atoms with Crippen LogP contribution in [0.3, 0.4) is 0 Å². The number of halogens is 1. The van der Waals surface area contributed by atoms with E-state index in [-0.39, 0.29) is 23.2 Å². The Labute approximate surface area is 133 Å². The molecule has 5 nitrogen and oxygen atoms in total. The lowest BCUT2D eigenvalue weighted by atomic mass is 10.0. The van der Waals surface area contributed by atoms with Gasteiger partial charge in [0.1, 0.15) is 5.56 Å². The number of rotatable bonds is 7. The second-order valence-electron chi connectivity index (χ2n) is 4.88. The van der Waals surface area contributed by atoms with Gasteiger partial charge in [0.15, 0.2) is 0 Å². The molecule has 0 saturated heterocycles. The maximum absolute atomic E-state index is 12.8. The molecule has 0 aliphatic carbocycles. The number of hydrogen-bond acceptors (Lipinski definition) is 3. The van der Waals surface area contributed by atoms with Crippen molar-refractivity contribution in [2.75, 3.05) is 11.9 Å². The number of nitrogens with zero attached hydrogens (tertiary/aromatic N) is 2. The molecule has 0 heterocycles. The molecule has 0 unspecified atom stereocenters. The van der Waals surface area contributed by atoms with Crippen molar-refractivity contribution in [1.29, 1.82) is 0 Å². The van der Waals surface area contributed by atoms with E-state index in [1.165, 1.54) is 6.07 Å². The fourth-order valence-corrected chi connectivity index (χ4v) is 2.88. The molecule has 0 spiro atoms. The fourth-order valence-electron chi connectivity index (χ4n) is 2.50. The van der Waals surface area contributed by atoms with Crippen LogP contribution in [-0.4, -0.2) is 33.6 Å². The molecule has 6 heteroatoms. The normalized spacial score (nSPS) is 10.7. The Hall–Kier alpha value is -1.43. The third-order valence-corrected chi connectivity index (χ3v) is 3.99. The Bertz CT molecular complexity index is 516. The maximum Gasteiger partial charge on any atom is 0.282 e. The van der Waals surface area contributed by atoms with E-state index in [2.05, 4.69) is 15.9 Å². The Kier molecular flexibility index (Phi) is 6.81. The van der Waals surface area contributed by atoms with Crippen molar-refractivity contribution < 1.29 is 9.72 Å². The average molecular weight is 357 g/mol. The van der Waals surface area contributed by atoms with E-state index in [0.29, 0.717) is 17.4 Å². The molecular weight excluding hydrogens is 336 g/mol. The lowest BCUT2D eigenvalue weighted by Crippen LogP contribution is -2.41. The molecule has 21 heavy (non-hydrogen) atoms. The SMILES string of the molecule is CCC(CC)N(CCBr)C(=O)c1c(C)cccc1[N+](=O)[O-].